The lowest BCUT2D eigenvalue weighted by Gasteiger charge is -2.18. The van der Waals surface area contributed by atoms with Crippen LogP contribution in [0.2, 0.25) is 15.1 Å². The lowest BCUT2D eigenvalue weighted by molar-refractivity contribution is -0.152. The summed E-state index contributed by atoms with van der Waals surface area (Å²) < 4.78 is 21.9. The second-order valence-electron chi connectivity index (χ2n) is 5.71. The maximum atomic E-state index is 12.1. The third-order valence-corrected chi connectivity index (χ3v) is 4.37. The first-order valence-electron chi connectivity index (χ1n) is 8.96. The highest BCUT2D eigenvalue weighted by Crippen LogP contribution is 2.29. The molecule has 0 aromatic heterocycles. The number of carbonyl (C=O) groups is 1. The van der Waals surface area contributed by atoms with Gasteiger partial charge in [0, 0.05) is 23.9 Å². The zero-order chi connectivity index (χ0) is 21.2. The summed E-state index contributed by atoms with van der Waals surface area (Å²) in [5, 5.41) is 3.85. The van der Waals surface area contributed by atoms with Crippen LogP contribution in [0.3, 0.4) is 0 Å². The molecule has 0 bridgehead atoms. The highest BCUT2D eigenvalue weighted by atomic mass is 35.5. The molecule has 0 unspecified atom stereocenters. The zero-order valence-corrected chi connectivity index (χ0v) is 18.3. The minimum atomic E-state index is -0.475. The molecule has 0 aliphatic carbocycles. The lowest BCUT2D eigenvalue weighted by Crippen LogP contribution is -2.25. The molecule has 0 aliphatic rings. The van der Waals surface area contributed by atoms with Crippen LogP contribution in [-0.2, 0) is 14.3 Å². The van der Waals surface area contributed by atoms with Crippen molar-refractivity contribution in [1.29, 1.82) is 0 Å². The number of nitrogens with one attached hydrogen (secondary N) is 1. The minimum Gasteiger partial charge on any atom is -0.487 e. The molecule has 0 atom stereocenters. The number of ether oxygens (including phenoxy) is 4. The number of amides is 1. The van der Waals surface area contributed by atoms with Crippen molar-refractivity contribution in [2.75, 3.05) is 31.7 Å². The fourth-order valence-electron chi connectivity index (χ4n) is 2.30. The van der Waals surface area contributed by atoms with Gasteiger partial charge in [-0.05, 0) is 50.2 Å². The molecule has 2 aromatic rings. The molecule has 29 heavy (non-hydrogen) atoms. The second-order valence-corrected chi connectivity index (χ2v) is 6.96. The van der Waals surface area contributed by atoms with Crippen LogP contribution in [0.15, 0.2) is 36.4 Å². The van der Waals surface area contributed by atoms with E-state index in [0.717, 1.165) is 0 Å². The number of anilines is 1. The average molecular weight is 463 g/mol. The molecule has 0 saturated carbocycles. The summed E-state index contributed by atoms with van der Waals surface area (Å²) in [6.07, 6.45) is -0.475. The van der Waals surface area contributed by atoms with Gasteiger partial charge in [0.2, 0.25) is 0 Å². The van der Waals surface area contributed by atoms with Crippen LogP contribution in [0.25, 0.3) is 0 Å². The zero-order valence-electron chi connectivity index (χ0n) is 16.0. The molecule has 1 amide bonds. The molecular formula is C20H22Cl3NO5. The molecule has 0 spiro atoms. The van der Waals surface area contributed by atoms with E-state index in [0.29, 0.717) is 45.5 Å². The van der Waals surface area contributed by atoms with E-state index in [1.165, 1.54) is 6.07 Å². The molecule has 0 saturated heterocycles. The van der Waals surface area contributed by atoms with Crippen LogP contribution in [0.1, 0.15) is 13.8 Å². The Morgan fingerprint density at radius 1 is 0.931 bits per heavy atom. The fraction of sp³-hybridized carbons (Fsp3) is 0.350. The van der Waals surface area contributed by atoms with E-state index < -0.39 is 6.29 Å². The summed E-state index contributed by atoms with van der Waals surface area (Å²) in [4.78, 5) is 12.1. The Morgan fingerprint density at radius 2 is 1.55 bits per heavy atom. The quantitative estimate of drug-likeness (QED) is 0.450. The van der Waals surface area contributed by atoms with Gasteiger partial charge in [-0.3, -0.25) is 4.79 Å². The summed E-state index contributed by atoms with van der Waals surface area (Å²) in [5.41, 5.74) is 0.504. The Kier molecular flexibility index (Phi) is 9.84. The minimum absolute atomic E-state index is 0.197. The van der Waals surface area contributed by atoms with E-state index in [4.69, 9.17) is 53.8 Å². The average Bonchev–Trinajstić information content (AvgIpc) is 2.67. The van der Waals surface area contributed by atoms with E-state index in [2.05, 4.69) is 5.32 Å². The van der Waals surface area contributed by atoms with Gasteiger partial charge in [-0.2, -0.15) is 0 Å². The van der Waals surface area contributed by atoms with Crippen LogP contribution in [-0.4, -0.2) is 38.6 Å². The third kappa shape index (κ3) is 7.91. The fourth-order valence-corrected chi connectivity index (χ4v) is 3.00. The standard InChI is InChI=1S/C20H22Cl3NO5/c1-3-26-20(27-4-2)12-29-18-8-6-14(10-16(18)23)24-19(25)11-28-17-7-5-13(21)9-15(17)22/h5-10,20H,3-4,11-12H2,1-2H3,(H,24,25). The molecule has 2 rings (SSSR count). The van der Waals surface area contributed by atoms with Gasteiger partial charge < -0.3 is 24.3 Å². The Hall–Kier alpha value is -1.70. The topological polar surface area (TPSA) is 66.0 Å². The summed E-state index contributed by atoms with van der Waals surface area (Å²) >= 11 is 18.1. The van der Waals surface area contributed by atoms with E-state index >= 15 is 0 Å². The van der Waals surface area contributed by atoms with Crippen molar-refractivity contribution >= 4 is 46.4 Å². The third-order valence-electron chi connectivity index (χ3n) is 3.55. The Labute approximate surface area is 184 Å². The number of hydrogen-bond donors (Lipinski definition) is 1. The summed E-state index contributed by atoms with van der Waals surface area (Å²) in [6, 6.07) is 9.67. The van der Waals surface area contributed by atoms with Gasteiger partial charge in [0.05, 0.1) is 10.0 Å². The van der Waals surface area contributed by atoms with E-state index in [1.54, 1.807) is 30.3 Å². The number of rotatable bonds is 11. The molecule has 0 aliphatic heterocycles. The van der Waals surface area contributed by atoms with Crippen molar-refractivity contribution in [2.45, 2.75) is 20.1 Å². The maximum absolute atomic E-state index is 12.1. The van der Waals surface area contributed by atoms with Gasteiger partial charge >= 0.3 is 0 Å². The van der Waals surface area contributed by atoms with Crippen LogP contribution in [0.5, 0.6) is 11.5 Å². The highest BCUT2D eigenvalue weighted by Gasteiger charge is 2.12. The molecule has 2 aromatic carbocycles. The first kappa shape index (κ1) is 23.6. The highest BCUT2D eigenvalue weighted by molar-refractivity contribution is 6.35. The van der Waals surface area contributed by atoms with Crippen LogP contribution >= 0.6 is 34.8 Å². The predicted octanol–water partition coefficient (Wildman–Crippen LogP) is 5.44. The van der Waals surface area contributed by atoms with Crippen molar-refractivity contribution in [3.05, 3.63) is 51.5 Å². The molecule has 158 valence electrons. The summed E-state index contributed by atoms with van der Waals surface area (Å²) in [7, 11) is 0. The van der Waals surface area contributed by atoms with Gasteiger partial charge in [0.1, 0.15) is 18.1 Å². The van der Waals surface area contributed by atoms with Gasteiger partial charge in [-0.25, -0.2) is 0 Å². The Bertz CT molecular complexity index is 813. The smallest absolute Gasteiger partial charge is 0.262 e. The number of hydrogen-bond acceptors (Lipinski definition) is 5. The van der Waals surface area contributed by atoms with Crippen LogP contribution < -0.4 is 14.8 Å². The maximum Gasteiger partial charge on any atom is 0.262 e. The predicted molar refractivity (Wildman–Crippen MR) is 115 cm³/mol. The molecule has 0 heterocycles. The van der Waals surface area contributed by atoms with Gasteiger partial charge in [-0.1, -0.05) is 34.8 Å². The summed E-state index contributed by atoms with van der Waals surface area (Å²) in [5.74, 6) is 0.456. The molecule has 9 heteroatoms. The van der Waals surface area contributed by atoms with Crippen molar-refractivity contribution < 1.29 is 23.7 Å². The normalized spacial score (nSPS) is 10.8. The van der Waals surface area contributed by atoms with Crippen LogP contribution in [0.4, 0.5) is 5.69 Å². The molecule has 6 nitrogen and oxygen atoms in total. The van der Waals surface area contributed by atoms with E-state index in [9.17, 15) is 4.79 Å². The Morgan fingerprint density at radius 3 is 2.17 bits per heavy atom. The number of halogens is 3. The molecular weight excluding hydrogens is 441 g/mol. The number of benzene rings is 2. The summed E-state index contributed by atoms with van der Waals surface area (Å²) in [6.45, 7) is 4.75. The monoisotopic (exact) mass is 461 g/mol. The van der Waals surface area contributed by atoms with E-state index in [-0.39, 0.29) is 19.1 Å². The second kappa shape index (κ2) is 12.1. The molecule has 1 N–H and O–H groups in total. The van der Waals surface area contributed by atoms with Gasteiger partial charge in [-0.15, -0.1) is 0 Å². The lowest BCUT2D eigenvalue weighted by atomic mass is 10.3. The SMILES string of the molecule is CCOC(COc1ccc(NC(=O)COc2ccc(Cl)cc2Cl)cc1Cl)OCC. The molecule has 0 radical (unpaired) electrons. The van der Waals surface area contributed by atoms with Gasteiger partial charge in [0.25, 0.3) is 5.91 Å². The van der Waals surface area contributed by atoms with Gasteiger partial charge in [0.15, 0.2) is 12.9 Å². The van der Waals surface area contributed by atoms with Crippen molar-refractivity contribution in [1.82, 2.24) is 0 Å². The first-order valence-corrected chi connectivity index (χ1v) is 10.1. The van der Waals surface area contributed by atoms with Crippen molar-refractivity contribution in [3.63, 3.8) is 0 Å². The largest absolute Gasteiger partial charge is 0.487 e. The first-order chi connectivity index (χ1) is 13.9. The van der Waals surface area contributed by atoms with E-state index in [1.807, 2.05) is 13.8 Å². The number of carbonyl (C=O) groups excluding carboxylic acids is 1. The van der Waals surface area contributed by atoms with Crippen molar-refractivity contribution in [3.8, 4) is 11.5 Å². The molecule has 0 fully saturated rings. The van der Waals surface area contributed by atoms with Crippen LogP contribution in [0, 0.1) is 0 Å². The van der Waals surface area contributed by atoms with Crippen molar-refractivity contribution in [2.24, 2.45) is 0 Å². The Balaban J connectivity index is 1.88.